The van der Waals surface area contributed by atoms with Gasteiger partial charge in [-0.25, -0.2) is 4.98 Å². The van der Waals surface area contributed by atoms with E-state index in [4.69, 9.17) is 21.1 Å². The van der Waals surface area contributed by atoms with Gasteiger partial charge in [0.25, 0.3) is 0 Å². The van der Waals surface area contributed by atoms with E-state index in [0.717, 1.165) is 50.5 Å². The number of aromatic amines is 1. The van der Waals surface area contributed by atoms with Crippen LogP contribution < -0.4 is 20.5 Å². The van der Waals surface area contributed by atoms with Gasteiger partial charge in [0.2, 0.25) is 5.56 Å². The van der Waals surface area contributed by atoms with Crippen LogP contribution in [0.5, 0.6) is 11.5 Å². The molecule has 0 spiro atoms. The molecule has 2 aliphatic rings. The molecule has 9 heteroatoms. The lowest BCUT2D eigenvalue weighted by atomic mass is 10.1. The van der Waals surface area contributed by atoms with Crippen molar-refractivity contribution < 1.29 is 9.47 Å². The fourth-order valence-electron chi connectivity index (χ4n) is 4.43. The van der Waals surface area contributed by atoms with Gasteiger partial charge in [0.15, 0.2) is 0 Å². The molecular formula is C27H23ClN4O3S. The summed E-state index contributed by atoms with van der Waals surface area (Å²) in [6.45, 7) is 2.52. The number of nitrogens with one attached hydrogen (secondary N) is 2. The smallest absolute Gasteiger partial charge is 0.249 e. The molecule has 1 atom stereocenters. The van der Waals surface area contributed by atoms with Crippen molar-refractivity contribution >= 4 is 34.7 Å². The molecule has 0 amide bonds. The van der Waals surface area contributed by atoms with Gasteiger partial charge in [-0.15, -0.1) is 0 Å². The minimum Gasteiger partial charge on any atom is -0.455 e. The van der Waals surface area contributed by atoms with Crippen LogP contribution >= 0.6 is 23.4 Å². The highest BCUT2D eigenvalue weighted by atomic mass is 35.5. The number of ether oxygens (including phenoxy) is 2. The van der Waals surface area contributed by atoms with Crippen molar-refractivity contribution in [2.75, 3.05) is 29.9 Å². The van der Waals surface area contributed by atoms with Gasteiger partial charge >= 0.3 is 0 Å². The molecule has 7 nitrogen and oxygen atoms in total. The first-order valence-electron chi connectivity index (χ1n) is 11.7. The van der Waals surface area contributed by atoms with E-state index in [1.54, 1.807) is 30.1 Å². The molecule has 1 saturated heterocycles. The lowest BCUT2D eigenvalue weighted by Crippen LogP contribution is -2.39. The highest BCUT2D eigenvalue weighted by Crippen LogP contribution is 2.50. The van der Waals surface area contributed by atoms with Crippen LogP contribution in [0.3, 0.4) is 0 Å². The predicted octanol–water partition coefficient (Wildman–Crippen LogP) is 5.87. The van der Waals surface area contributed by atoms with Gasteiger partial charge in [-0.2, -0.15) is 0 Å². The van der Waals surface area contributed by atoms with Gasteiger partial charge in [-0.1, -0.05) is 41.6 Å². The average Bonchev–Trinajstić information content (AvgIpc) is 2.90. The van der Waals surface area contributed by atoms with Crippen LogP contribution in [0, 0.1) is 0 Å². The van der Waals surface area contributed by atoms with E-state index in [2.05, 4.69) is 38.4 Å². The lowest BCUT2D eigenvalue weighted by molar-refractivity contribution is 0.0383. The minimum atomic E-state index is -0.165. The third-order valence-corrected chi connectivity index (χ3v) is 7.46. The molecule has 0 aliphatic carbocycles. The number of hydrogen-bond acceptors (Lipinski definition) is 7. The normalized spacial score (nSPS) is 16.6. The van der Waals surface area contributed by atoms with Gasteiger partial charge < -0.3 is 24.7 Å². The monoisotopic (exact) mass is 518 g/mol. The Balaban J connectivity index is 1.20. The zero-order valence-electron chi connectivity index (χ0n) is 19.2. The molecule has 0 saturated carbocycles. The molecule has 2 aliphatic heterocycles. The molecule has 182 valence electrons. The Hall–Kier alpha value is -3.46. The first-order valence-corrected chi connectivity index (χ1v) is 12.8. The van der Waals surface area contributed by atoms with Crippen molar-refractivity contribution in [3.63, 3.8) is 0 Å². The van der Waals surface area contributed by atoms with E-state index in [-0.39, 0.29) is 11.7 Å². The summed E-state index contributed by atoms with van der Waals surface area (Å²) >= 11 is 7.68. The number of H-pyrrole nitrogens is 1. The summed E-state index contributed by atoms with van der Waals surface area (Å²) in [5.74, 6) is 1.64. The Morgan fingerprint density at radius 2 is 2.03 bits per heavy atom. The van der Waals surface area contributed by atoms with Crippen molar-refractivity contribution in [2.24, 2.45) is 0 Å². The van der Waals surface area contributed by atoms with E-state index in [1.165, 1.54) is 0 Å². The van der Waals surface area contributed by atoms with Gasteiger partial charge in [0.1, 0.15) is 22.8 Å². The largest absolute Gasteiger partial charge is 0.455 e. The average molecular weight is 519 g/mol. The Morgan fingerprint density at radius 3 is 2.92 bits per heavy atom. The number of pyridine rings is 2. The quantitative estimate of drug-likeness (QED) is 0.282. The lowest BCUT2D eigenvalue weighted by Gasteiger charge is -2.35. The molecule has 1 unspecified atom stereocenters. The number of fused-ring (bicyclic) bond motifs is 2. The Labute approximate surface area is 217 Å². The molecule has 0 radical (unpaired) electrons. The van der Waals surface area contributed by atoms with Gasteiger partial charge in [-0.05, 0) is 42.5 Å². The van der Waals surface area contributed by atoms with Crippen molar-refractivity contribution in [1.29, 1.82) is 0 Å². The molecule has 4 heterocycles. The fraction of sp³-hybridized carbons (Fsp3) is 0.185. The Bertz CT molecular complexity index is 1480. The number of hydrogen-bond donors (Lipinski definition) is 2. The van der Waals surface area contributed by atoms with E-state index in [0.29, 0.717) is 24.8 Å². The molecule has 6 rings (SSSR count). The summed E-state index contributed by atoms with van der Waals surface area (Å²) in [5, 5.41) is 3.89. The van der Waals surface area contributed by atoms with Crippen LogP contribution in [0.1, 0.15) is 17.4 Å². The van der Waals surface area contributed by atoms with Gasteiger partial charge in [-0.3, -0.25) is 4.79 Å². The molecule has 2 N–H and O–H groups in total. The van der Waals surface area contributed by atoms with Gasteiger partial charge in [0.05, 0.1) is 28.6 Å². The van der Waals surface area contributed by atoms with Crippen molar-refractivity contribution in [3.8, 4) is 11.5 Å². The van der Waals surface area contributed by atoms with Crippen LogP contribution in [-0.4, -0.2) is 29.7 Å². The van der Waals surface area contributed by atoms with Crippen molar-refractivity contribution in [1.82, 2.24) is 9.97 Å². The van der Waals surface area contributed by atoms with Crippen LogP contribution in [0.25, 0.3) is 0 Å². The summed E-state index contributed by atoms with van der Waals surface area (Å²) in [7, 11) is 0. The van der Waals surface area contributed by atoms with Crippen LogP contribution in [0.4, 0.5) is 11.4 Å². The number of rotatable bonds is 5. The van der Waals surface area contributed by atoms with Crippen molar-refractivity contribution in [3.05, 3.63) is 99.7 Å². The summed E-state index contributed by atoms with van der Waals surface area (Å²) in [6, 6.07) is 21.4. The third-order valence-electron chi connectivity index (χ3n) is 6.17. The SMILES string of the molecule is O=c1cc(N2CCOC(c3cccc4c3Oc3ccc(NCc5cccc(Cl)n5)cc3S4)C2)cc[nH]1. The molecule has 2 aromatic carbocycles. The molecule has 4 aromatic rings. The maximum Gasteiger partial charge on any atom is 0.249 e. The second-order valence-electron chi connectivity index (χ2n) is 8.56. The first-order chi connectivity index (χ1) is 17.6. The fourth-order valence-corrected chi connectivity index (χ4v) is 5.64. The van der Waals surface area contributed by atoms with E-state index in [1.807, 2.05) is 36.4 Å². The van der Waals surface area contributed by atoms with Crippen molar-refractivity contribution in [2.45, 2.75) is 22.4 Å². The van der Waals surface area contributed by atoms with E-state index < -0.39 is 0 Å². The Kier molecular flexibility index (Phi) is 6.31. The number of para-hydroxylation sites is 1. The zero-order chi connectivity index (χ0) is 24.5. The number of benzene rings is 2. The number of anilines is 2. The second-order valence-corrected chi connectivity index (χ2v) is 10.0. The standard InChI is InChI=1S/C27H23ClN4O3S/c28-25-6-1-3-18(31-25)15-30-17-7-8-21-24(13-17)36-23-5-2-4-20(27(23)35-21)22-16-32(11-12-34-22)19-9-10-29-26(33)14-19/h1-10,13-14,22,30H,11-12,15-16H2,(H,29,33). The predicted molar refractivity (Wildman–Crippen MR) is 142 cm³/mol. The summed E-state index contributed by atoms with van der Waals surface area (Å²) in [5.41, 5.74) is 3.65. The van der Waals surface area contributed by atoms with E-state index in [9.17, 15) is 4.79 Å². The number of halogens is 1. The third kappa shape index (κ3) is 4.80. The van der Waals surface area contributed by atoms with Gasteiger partial charge in [0, 0.05) is 42.3 Å². The van der Waals surface area contributed by atoms with Crippen LogP contribution in [-0.2, 0) is 11.3 Å². The maximum absolute atomic E-state index is 11.8. The van der Waals surface area contributed by atoms with Crippen LogP contribution in [0.15, 0.2) is 87.5 Å². The number of morpholine rings is 1. The minimum absolute atomic E-state index is 0.110. The molecular weight excluding hydrogens is 496 g/mol. The first kappa shape index (κ1) is 23.0. The maximum atomic E-state index is 11.8. The summed E-state index contributed by atoms with van der Waals surface area (Å²) in [6.07, 6.45) is 1.51. The highest BCUT2D eigenvalue weighted by Gasteiger charge is 2.29. The molecule has 36 heavy (non-hydrogen) atoms. The highest BCUT2D eigenvalue weighted by molar-refractivity contribution is 7.99. The summed E-state index contributed by atoms with van der Waals surface area (Å²) in [4.78, 5) is 23.1. The second kappa shape index (κ2) is 9.89. The Morgan fingerprint density at radius 1 is 1.11 bits per heavy atom. The zero-order valence-corrected chi connectivity index (χ0v) is 20.8. The topological polar surface area (TPSA) is 79.5 Å². The molecule has 2 aromatic heterocycles. The molecule has 1 fully saturated rings. The number of aromatic nitrogens is 2. The van der Waals surface area contributed by atoms with E-state index >= 15 is 0 Å². The van der Waals surface area contributed by atoms with Crippen LogP contribution in [0.2, 0.25) is 5.15 Å². The number of nitrogens with zero attached hydrogens (tertiary/aromatic N) is 2. The molecule has 0 bridgehead atoms. The summed E-state index contributed by atoms with van der Waals surface area (Å²) < 4.78 is 12.6.